The van der Waals surface area contributed by atoms with Gasteiger partial charge in [-0.15, -0.1) is 0 Å². The molecule has 0 unspecified atom stereocenters. The third kappa shape index (κ3) is 5.23. The number of hydrogen-bond acceptors (Lipinski definition) is 4. The van der Waals surface area contributed by atoms with Gasteiger partial charge in [-0.1, -0.05) is 12.1 Å². The minimum Gasteiger partial charge on any atom is -0.484 e. The van der Waals surface area contributed by atoms with Gasteiger partial charge in [0.2, 0.25) is 0 Å². The Morgan fingerprint density at radius 2 is 2.04 bits per heavy atom. The Bertz CT molecular complexity index is 797. The van der Waals surface area contributed by atoms with E-state index in [-0.39, 0.29) is 6.61 Å². The number of nitrogens with one attached hydrogen (secondary N) is 2. The van der Waals surface area contributed by atoms with Gasteiger partial charge in [-0.3, -0.25) is 14.5 Å². The molecule has 8 nitrogen and oxygen atoms in total. The second-order valence-corrected chi connectivity index (χ2v) is 5.95. The van der Waals surface area contributed by atoms with Gasteiger partial charge in [0.25, 0.3) is 5.91 Å². The molecule has 1 heterocycles. The van der Waals surface area contributed by atoms with E-state index in [2.05, 4.69) is 20.7 Å². The Balaban J connectivity index is 1.90. The normalized spacial score (nSPS) is 11.3. The number of aryl methyl sites for hydroxylation is 2. The van der Waals surface area contributed by atoms with Crippen LogP contribution in [0.5, 0.6) is 5.75 Å². The van der Waals surface area contributed by atoms with Crippen molar-refractivity contribution in [2.24, 2.45) is 17.8 Å². The molecule has 0 aliphatic heterocycles. The summed E-state index contributed by atoms with van der Waals surface area (Å²) < 4.78 is 7.19. The van der Waals surface area contributed by atoms with Gasteiger partial charge in [0.1, 0.15) is 5.75 Å². The number of hydrogen-bond donors (Lipinski definition) is 3. The van der Waals surface area contributed by atoms with E-state index in [0.717, 1.165) is 22.5 Å². The van der Waals surface area contributed by atoms with Gasteiger partial charge in [-0.05, 0) is 31.5 Å². The number of aliphatic imine (C=N–C) groups is 1. The lowest BCUT2D eigenvalue weighted by Gasteiger charge is -2.13. The molecule has 0 fully saturated rings. The van der Waals surface area contributed by atoms with E-state index in [1.165, 1.54) is 0 Å². The number of nitrogens with zero attached hydrogens (tertiary/aromatic N) is 3. The Morgan fingerprint density at radius 1 is 1.31 bits per heavy atom. The summed E-state index contributed by atoms with van der Waals surface area (Å²) in [4.78, 5) is 15.0. The first kappa shape index (κ1) is 19.3. The Hall–Kier alpha value is -3.03. The molecule has 1 aromatic carbocycles. The van der Waals surface area contributed by atoms with Crippen LogP contribution < -0.4 is 21.1 Å². The summed E-state index contributed by atoms with van der Waals surface area (Å²) in [6.45, 7) is 5.12. The fourth-order valence-corrected chi connectivity index (χ4v) is 2.55. The molecule has 0 radical (unpaired) electrons. The smallest absolute Gasteiger partial charge is 0.255 e. The number of carbonyl (C=O) groups is 1. The van der Waals surface area contributed by atoms with Crippen LogP contribution in [0, 0.1) is 13.8 Å². The van der Waals surface area contributed by atoms with Gasteiger partial charge in [0.15, 0.2) is 12.6 Å². The summed E-state index contributed by atoms with van der Waals surface area (Å²) in [5, 5.41) is 11.0. The Kier molecular flexibility index (Phi) is 6.60. The number of primary amides is 1. The van der Waals surface area contributed by atoms with E-state index in [0.29, 0.717) is 24.8 Å². The third-order valence-corrected chi connectivity index (χ3v) is 4.05. The molecule has 0 saturated carbocycles. The van der Waals surface area contributed by atoms with Crippen molar-refractivity contribution >= 4 is 11.9 Å². The number of ether oxygens (including phenoxy) is 1. The zero-order valence-corrected chi connectivity index (χ0v) is 15.7. The SMILES string of the molecule is CN=C(NCc1cccc(OCC(N)=O)c1)NCc1c(C)nn(C)c1C. The number of rotatable bonds is 7. The lowest BCUT2D eigenvalue weighted by molar-refractivity contribution is -0.119. The maximum Gasteiger partial charge on any atom is 0.255 e. The number of aromatic nitrogens is 2. The van der Waals surface area contributed by atoms with Crippen molar-refractivity contribution < 1.29 is 9.53 Å². The molecule has 8 heteroatoms. The van der Waals surface area contributed by atoms with Crippen LogP contribution in [-0.2, 0) is 24.9 Å². The van der Waals surface area contributed by atoms with Crippen LogP contribution in [0.3, 0.4) is 0 Å². The van der Waals surface area contributed by atoms with Crippen LogP contribution in [0.1, 0.15) is 22.5 Å². The molecule has 140 valence electrons. The molecule has 0 atom stereocenters. The van der Waals surface area contributed by atoms with Crippen molar-refractivity contribution in [3.8, 4) is 5.75 Å². The van der Waals surface area contributed by atoms with E-state index >= 15 is 0 Å². The van der Waals surface area contributed by atoms with Gasteiger partial charge >= 0.3 is 0 Å². The molecular formula is C18H26N6O2. The number of carbonyl (C=O) groups excluding carboxylic acids is 1. The van der Waals surface area contributed by atoms with Crippen LogP contribution in [0.25, 0.3) is 0 Å². The highest BCUT2D eigenvalue weighted by Crippen LogP contribution is 2.13. The minimum atomic E-state index is -0.501. The van der Waals surface area contributed by atoms with Gasteiger partial charge in [-0.25, -0.2) is 0 Å². The average Bonchev–Trinajstić information content (AvgIpc) is 2.86. The van der Waals surface area contributed by atoms with Gasteiger partial charge in [-0.2, -0.15) is 5.10 Å². The molecule has 0 aliphatic rings. The average molecular weight is 358 g/mol. The summed E-state index contributed by atoms with van der Waals surface area (Å²) in [6.07, 6.45) is 0. The fraction of sp³-hybridized carbons (Fsp3) is 0.389. The highest BCUT2D eigenvalue weighted by Gasteiger charge is 2.09. The quantitative estimate of drug-likeness (QED) is 0.501. The summed E-state index contributed by atoms with van der Waals surface area (Å²) in [6, 6.07) is 7.48. The minimum absolute atomic E-state index is 0.135. The predicted molar refractivity (Wildman–Crippen MR) is 101 cm³/mol. The van der Waals surface area contributed by atoms with Crippen LogP contribution in [0.4, 0.5) is 0 Å². The number of benzene rings is 1. The summed E-state index contributed by atoms with van der Waals surface area (Å²) in [7, 11) is 3.66. The first-order chi connectivity index (χ1) is 12.4. The lowest BCUT2D eigenvalue weighted by Crippen LogP contribution is -2.36. The van der Waals surface area contributed by atoms with E-state index in [4.69, 9.17) is 10.5 Å². The van der Waals surface area contributed by atoms with Gasteiger partial charge in [0.05, 0.1) is 5.69 Å². The first-order valence-electron chi connectivity index (χ1n) is 8.34. The maximum absolute atomic E-state index is 10.8. The van der Waals surface area contributed by atoms with E-state index in [1.807, 2.05) is 43.8 Å². The van der Waals surface area contributed by atoms with Gasteiger partial charge in [0, 0.05) is 38.4 Å². The zero-order valence-electron chi connectivity index (χ0n) is 15.7. The van der Waals surface area contributed by atoms with Crippen LogP contribution in [0.2, 0.25) is 0 Å². The molecule has 2 rings (SSSR count). The largest absolute Gasteiger partial charge is 0.484 e. The molecule has 26 heavy (non-hydrogen) atoms. The monoisotopic (exact) mass is 358 g/mol. The highest BCUT2D eigenvalue weighted by molar-refractivity contribution is 5.79. The van der Waals surface area contributed by atoms with E-state index in [9.17, 15) is 4.79 Å². The fourth-order valence-electron chi connectivity index (χ4n) is 2.55. The molecule has 2 aromatic rings. The Morgan fingerprint density at radius 3 is 2.65 bits per heavy atom. The summed E-state index contributed by atoms with van der Waals surface area (Å²) in [5.41, 5.74) is 9.40. The number of amides is 1. The van der Waals surface area contributed by atoms with Gasteiger partial charge < -0.3 is 21.1 Å². The maximum atomic E-state index is 10.8. The highest BCUT2D eigenvalue weighted by atomic mass is 16.5. The van der Waals surface area contributed by atoms with E-state index < -0.39 is 5.91 Å². The Labute approximate surface area is 153 Å². The molecule has 0 bridgehead atoms. The molecule has 1 aromatic heterocycles. The van der Waals surface area contributed by atoms with Crippen LogP contribution in [-0.4, -0.2) is 35.3 Å². The summed E-state index contributed by atoms with van der Waals surface area (Å²) >= 11 is 0. The van der Waals surface area contributed by atoms with Crippen molar-refractivity contribution in [2.45, 2.75) is 26.9 Å². The second-order valence-electron chi connectivity index (χ2n) is 5.95. The molecule has 0 aliphatic carbocycles. The lowest BCUT2D eigenvalue weighted by atomic mass is 10.2. The molecule has 4 N–H and O–H groups in total. The number of nitrogens with two attached hydrogens (primary N) is 1. The molecule has 0 saturated heterocycles. The number of guanidine groups is 1. The van der Waals surface area contributed by atoms with Crippen molar-refractivity contribution in [1.82, 2.24) is 20.4 Å². The first-order valence-corrected chi connectivity index (χ1v) is 8.34. The molecule has 1 amide bonds. The van der Waals surface area contributed by atoms with Crippen LogP contribution >= 0.6 is 0 Å². The van der Waals surface area contributed by atoms with Crippen LogP contribution in [0.15, 0.2) is 29.3 Å². The molecule has 0 spiro atoms. The van der Waals surface area contributed by atoms with Crippen molar-refractivity contribution in [3.05, 3.63) is 46.8 Å². The predicted octanol–water partition coefficient (Wildman–Crippen LogP) is 0.766. The second kappa shape index (κ2) is 8.89. The van der Waals surface area contributed by atoms with Crippen molar-refractivity contribution in [2.75, 3.05) is 13.7 Å². The van der Waals surface area contributed by atoms with E-state index in [1.54, 1.807) is 13.1 Å². The standard InChI is InChI=1S/C18H26N6O2/c1-12-16(13(2)24(4)23-12)10-22-18(20-3)21-9-14-6-5-7-15(8-14)26-11-17(19)25/h5-8H,9-11H2,1-4H3,(H2,19,25)(H2,20,21,22). The molecular weight excluding hydrogens is 332 g/mol. The summed E-state index contributed by atoms with van der Waals surface area (Å²) in [5.74, 6) is 0.794. The van der Waals surface area contributed by atoms with Crippen molar-refractivity contribution in [1.29, 1.82) is 0 Å². The zero-order chi connectivity index (χ0) is 19.1. The third-order valence-electron chi connectivity index (χ3n) is 4.05. The van der Waals surface area contributed by atoms with Crippen molar-refractivity contribution in [3.63, 3.8) is 0 Å². The topological polar surface area (TPSA) is 107 Å².